The van der Waals surface area contributed by atoms with E-state index in [4.69, 9.17) is 4.98 Å². The second kappa shape index (κ2) is 5.12. The second-order valence-electron chi connectivity index (χ2n) is 5.45. The van der Waals surface area contributed by atoms with Gasteiger partial charge in [-0.1, -0.05) is 37.3 Å². The van der Waals surface area contributed by atoms with Gasteiger partial charge in [-0.2, -0.15) is 0 Å². The molecule has 20 heavy (non-hydrogen) atoms. The van der Waals surface area contributed by atoms with Crippen LogP contribution in [0.2, 0.25) is 0 Å². The molecule has 1 heterocycles. The summed E-state index contributed by atoms with van der Waals surface area (Å²) in [6.45, 7) is 6.49. The van der Waals surface area contributed by atoms with Crippen LogP contribution in [0, 0.1) is 13.8 Å². The van der Waals surface area contributed by atoms with E-state index in [1.807, 2.05) is 0 Å². The van der Waals surface area contributed by atoms with Crippen molar-refractivity contribution in [1.29, 1.82) is 0 Å². The molecule has 0 saturated heterocycles. The number of hydrogen-bond donors (Lipinski definition) is 1. The Balaban J connectivity index is 2.09. The normalized spacial score (nSPS) is 12.8. The van der Waals surface area contributed by atoms with E-state index in [2.05, 4.69) is 68.2 Å². The van der Waals surface area contributed by atoms with Crippen LogP contribution >= 0.6 is 0 Å². The van der Waals surface area contributed by atoms with Crippen molar-refractivity contribution in [2.75, 3.05) is 0 Å². The zero-order valence-corrected chi connectivity index (χ0v) is 12.3. The largest absolute Gasteiger partial charge is 0.341 e. The molecule has 0 fully saturated rings. The molecule has 3 rings (SSSR count). The van der Waals surface area contributed by atoms with Crippen molar-refractivity contribution in [1.82, 2.24) is 9.97 Å². The van der Waals surface area contributed by atoms with Gasteiger partial charge < -0.3 is 4.98 Å². The Kier molecular flexibility index (Phi) is 3.31. The van der Waals surface area contributed by atoms with Crippen molar-refractivity contribution >= 4 is 11.0 Å². The topological polar surface area (TPSA) is 28.7 Å². The molecule has 102 valence electrons. The summed E-state index contributed by atoms with van der Waals surface area (Å²) < 4.78 is 0. The number of rotatable bonds is 3. The highest BCUT2D eigenvalue weighted by molar-refractivity contribution is 5.77. The van der Waals surface area contributed by atoms with Crippen molar-refractivity contribution < 1.29 is 0 Å². The Morgan fingerprint density at radius 3 is 2.45 bits per heavy atom. The number of benzene rings is 2. The van der Waals surface area contributed by atoms with Gasteiger partial charge in [-0.3, -0.25) is 0 Å². The molecule has 2 aromatic carbocycles. The minimum Gasteiger partial charge on any atom is -0.341 e. The van der Waals surface area contributed by atoms with Crippen LogP contribution in [-0.2, 0) is 0 Å². The van der Waals surface area contributed by atoms with E-state index in [0.717, 1.165) is 23.3 Å². The fourth-order valence-corrected chi connectivity index (χ4v) is 2.73. The molecule has 0 aliphatic rings. The number of aromatic amines is 1. The van der Waals surface area contributed by atoms with Gasteiger partial charge in [-0.05, 0) is 49.1 Å². The third-order valence-corrected chi connectivity index (χ3v) is 4.06. The SMILES string of the molecule is CCC(c1ccccc1)c1nc2cc(C)c(C)cc2[nH]1. The van der Waals surface area contributed by atoms with E-state index in [1.165, 1.54) is 16.7 Å². The van der Waals surface area contributed by atoms with Crippen molar-refractivity contribution in [2.45, 2.75) is 33.1 Å². The molecule has 1 N–H and O–H groups in total. The molecule has 0 aliphatic carbocycles. The average Bonchev–Trinajstić information content (AvgIpc) is 2.84. The van der Waals surface area contributed by atoms with E-state index in [0.29, 0.717) is 5.92 Å². The quantitative estimate of drug-likeness (QED) is 0.728. The van der Waals surface area contributed by atoms with Gasteiger partial charge in [0, 0.05) is 5.92 Å². The Morgan fingerprint density at radius 1 is 1.05 bits per heavy atom. The van der Waals surface area contributed by atoms with Gasteiger partial charge in [0.15, 0.2) is 0 Å². The number of imidazole rings is 1. The first-order chi connectivity index (χ1) is 9.69. The number of hydrogen-bond acceptors (Lipinski definition) is 1. The number of H-pyrrole nitrogens is 1. The zero-order valence-electron chi connectivity index (χ0n) is 12.3. The highest BCUT2D eigenvalue weighted by Gasteiger charge is 2.16. The van der Waals surface area contributed by atoms with Gasteiger partial charge in [0.05, 0.1) is 11.0 Å². The molecule has 2 nitrogen and oxygen atoms in total. The lowest BCUT2D eigenvalue weighted by Gasteiger charge is -2.12. The first-order valence-corrected chi connectivity index (χ1v) is 7.21. The lowest BCUT2D eigenvalue weighted by molar-refractivity contribution is 0.732. The first kappa shape index (κ1) is 12.9. The van der Waals surface area contributed by atoms with Crippen LogP contribution in [-0.4, -0.2) is 9.97 Å². The molecule has 0 amide bonds. The minimum absolute atomic E-state index is 0.337. The lowest BCUT2D eigenvalue weighted by atomic mass is 9.96. The molecule has 2 heteroatoms. The molecule has 0 radical (unpaired) electrons. The summed E-state index contributed by atoms with van der Waals surface area (Å²) in [5.74, 6) is 1.41. The van der Waals surface area contributed by atoms with Crippen molar-refractivity contribution in [2.24, 2.45) is 0 Å². The Hall–Kier alpha value is -2.09. The van der Waals surface area contributed by atoms with Gasteiger partial charge in [0.1, 0.15) is 5.82 Å². The number of aromatic nitrogens is 2. The molecule has 0 aliphatic heterocycles. The minimum atomic E-state index is 0.337. The van der Waals surface area contributed by atoms with Crippen LogP contribution in [0.15, 0.2) is 42.5 Å². The summed E-state index contributed by atoms with van der Waals surface area (Å²) in [5.41, 5.74) is 6.13. The molecule has 0 bridgehead atoms. The van der Waals surface area contributed by atoms with Crippen LogP contribution in [0.3, 0.4) is 0 Å². The predicted molar refractivity (Wildman–Crippen MR) is 84.1 cm³/mol. The first-order valence-electron chi connectivity index (χ1n) is 7.21. The number of aryl methyl sites for hydroxylation is 2. The van der Waals surface area contributed by atoms with Crippen molar-refractivity contribution in [3.05, 3.63) is 65.0 Å². The van der Waals surface area contributed by atoms with Crippen LogP contribution in [0.25, 0.3) is 11.0 Å². The monoisotopic (exact) mass is 264 g/mol. The van der Waals surface area contributed by atoms with Gasteiger partial charge in [-0.25, -0.2) is 4.98 Å². The van der Waals surface area contributed by atoms with Gasteiger partial charge >= 0.3 is 0 Å². The van der Waals surface area contributed by atoms with E-state index in [1.54, 1.807) is 0 Å². The van der Waals surface area contributed by atoms with Gasteiger partial charge in [-0.15, -0.1) is 0 Å². The smallest absolute Gasteiger partial charge is 0.114 e. The lowest BCUT2D eigenvalue weighted by Crippen LogP contribution is -2.01. The van der Waals surface area contributed by atoms with E-state index >= 15 is 0 Å². The second-order valence-corrected chi connectivity index (χ2v) is 5.45. The maximum atomic E-state index is 4.81. The van der Waals surface area contributed by atoms with Crippen LogP contribution in [0.5, 0.6) is 0 Å². The molecule has 1 aromatic heterocycles. The number of nitrogens with one attached hydrogen (secondary N) is 1. The van der Waals surface area contributed by atoms with Crippen molar-refractivity contribution in [3.63, 3.8) is 0 Å². The summed E-state index contributed by atoms with van der Waals surface area (Å²) in [5, 5.41) is 0. The van der Waals surface area contributed by atoms with Crippen LogP contribution < -0.4 is 0 Å². The fourth-order valence-electron chi connectivity index (χ4n) is 2.73. The summed E-state index contributed by atoms with van der Waals surface area (Å²) in [4.78, 5) is 8.31. The van der Waals surface area contributed by atoms with E-state index in [-0.39, 0.29) is 0 Å². The molecular formula is C18H20N2. The Morgan fingerprint density at radius 2 is 1.75 bits per heavy atom. The molecular weight excluding hydrogens is 244 g/mol. The summed E-state index contributed by atoms with van der Waals surface area (Å²) in [7, 11) is 0. The third-order valence-electron chi connectivity index (χ3n) is 4.06. The molecule has 0 spiro atoms. The number of fused-ring (bicyclic) bond motifs is 1. The maximum absolute atomic E-state index is 4.81. The van der Waals surface area contributed by atoms with Crippen LogP contribution in [0.1, 0.15) is 41.8 Å². The highest BCUT2D eigenvalue weighted by Crippen LogP contribution is 2.28. The summed E-state index contributed by atoms with van der Waals surface area (Å²) >= 11 is 0. The average molecular weight is 264 g/mol. The van der Waals surface area contributed by atoms with Gasteiger partial charge in [0.25, 0.3) is 0 Å². The maximum Gasteiger partial charge on any atom is 0.114 e. The molecule has 1 atom stereocenters. The standard InChI is InChI=1S/C18H20N2/c1-4-15(14-8-6-5-7-9-14)18-19-16-10-12(2)13(3)11-17(16)20-18/h5-11,15H,4H2,1-3H3,(H,19,20). The fraction of sp³-hybridized carbons (Fsp3) is 0.278. The van der Waals surface area contributed by atoms with Gasteiger partial charge in [0.2, 0.25) is 0 Å². The summed E-state index contributed by atoms with van der Waals surface area (Å²) in [6, 6.07) is 15.0. The molecule has 0 saturated carbocycles. The third kappa shape index (κ3) is 2.22. The van der Waals surface area contributed by atoms with Crippen molar-refractivity contribution in [3.8, 4) is 0 Å². The number of nitrogens with zero attached hydrogens (tertiary/aromatic N) is 1. The predicted octanol–water partition coefficient (Wildman–Crippen LogP) is 4.72. The molecule has 1 unspecified atom stereocenters. The summed E-state index contributed by atoms with van der Waals surface area (Å²) in [6.07, 6.45) is 1.04. The molecule has 3 aromatic rings. The zero-order chi connectivity index (χ0) is 14.1. The van der Waals surface area contributed by atoms with E-state index < -0.39 is 0 Å². The highest BCUT2D eigenvalue weighted by atomic mass is 14.9. The Labute approximate surface area is 119 Å². The Bertz CT molecular complexity index is 687. The van der Waals surface area contributed by atoms with Crippen LogP contribution in [0.4, 0.5) is 0 Å². The van der Waals surface area contributed by atoms with E-state index in [9.17, 15) is 0 Å².